The van der Waals surface area contributed by atoms with E-state index in [1.807, 2.05) is 42.5 Å². The van der Waals surface area contributed by atoms with E-state index in [0.717, 1.165) is 24.3 Å². The first-order valence-corrected chi connectivity index (χ1v) is 7.80. The summed E-state index contributed by atoms with van der Waals surface area (Å²) >= 11 is 0. The third-order valence-electron chi connectivity index (χ3n) is 3.79. The summed E-state index contributed by atoms with van der Waals surface area (Å²) in [4.78, 5) is 11.7. The summed E-state index contributed by atoms with van der Waals surface area (Å²) in [5, 5.41) is 6.14. The number of amides is 1. The van der Waals surface area contributed by atoms with Crippen molar-refractivity contribution < 1.29 is 9.53 Å². The molecule has 0 aliphatic heterocycles. The molecule has 0 saturated carbocycles. The highest BCUT2D eigenvalue weighted by atomic mass is 16.5. The van der Waals surface area contributed by atoms with Gasteiger partial charge in [0.15, 0.2) is 0 Å². The van der Waals surface area contributed by atoms with Crippen molar-refractivity contribution in [1.82, 2.24) is 10.6 Å². The molecule has 1 amide bonds. The first-order valence-electron chi connectivity index (χ1n) is 7.80. The van der Waals surface area contributed by atoms with Gasteiger partial charge in [0.05, 0.1) is 7.11 Å². The second-order valence-electron chi connectivity index (χ2n) is 5.58. The van der Waals surface area contributed by atoms with Gasteiger partial charge in [0, 0.05) is 25.2 Å². The van der Waals surface area contributed by atoms with E-state index < -0.39 is 0 Å². The second-order valence-corrected chi connectivity index (χ2v) is 5.58. The zero-order valence-electron chi connectivity index (χ0n) is 13.9. The van der Waals surface area contributed by atoms with Crippen LogP contribution in [0.15, 0.2) is 48.5 Å². The Hall–Kier alpha value is -2.33. The van der Waals surface area contributed by atoms with Crippen LogP contribution in [0.25, 0.3) is 0 Å². The summed E-state index contributed by atoms with van der Waals surface area (Å²) in [6.45, 7) is 2.87. The minimum Gasteiger partial charge on any atom is -0.496 e. The minimum absolute atomic E-state index is 0.0612. The van der Waals surface area contributed by atoms with E-state index in [9.17, 15) is 4.79 Å². The molecule has 2 aromatic carbocycles. The van der Waals surface area contributed by atoms with E-state index in [2.05, 4.69) is 23.6 Å². The highest BCUT2D eigenvalue weighted by Gasteiger charge is 2.08. The molecule has 0 unspecified atom stereocenters. The Kier molecular flexibility index (Phi) is 6.18. The van der Waals surface area contributed by atoms with Crippen molar-refractivity contribution >= 4 is 5.91 Å². The molecule has 0 aromatic heterocycles. The molecule has 0 saturated heterocycles. The van der Waals surface area contributed by atoms with Gasteiger partial charge in [-0.1, -0.05) is 30.3 Å². The van der Waals surface area contributed by atoms with Gasteiger partial charge in [-0.15, -0.1) is 0 Å². The Bertz CT molecular complexity index is 655. The van der Waals surface area contributed by atoms with Crippen molar-refractivity contribution in [3.63, 3.8) is 0 Å². The molecule has 2 aromatic rings. The van der Waals surface area contributed by atoms with Crippen LogP contribution in [0.2, 0.25) is 0 Å². The molecule has 0 radical (unpaired) electrons. The van der Waals surface area contributed by atoms with Gasteiger partial charge in [-0.05, 0) is 42.7 Å². The van der Waals surface area contributed by atoms with E-state index in [0.29, 0.717) is 11.6 Å². The monoisotopic (exact) mass is 312 g/mol. The highest BCUT2D eigenvalue weighted by molar-refractivity contribution is 5.94. The minimum atomic E-state index is -0.0612. The van der Waals surface area contributed by atoms with Crippen molar-refractivity contribution in [3.8, 4) is 5.75 Å². The van der Waals surface area contributed by atoms with Crippen LogP contribution >= 0.6 is 0 Å². The average Bonchev–Trinajstić information content (AvgIpc) is 2.60. The average molecular weight is 312 g/mol. The summed E-state index contributed by atoms with van der Waals surface area (Å²) in [6, 6.07) is 16.0. The maximum absolute atomic E-state index is 11.7. The zero-order chi connectivity index (χ0) is 16.7. The molecule has 0 spiro atoms. The molecule has 0 aliphatic rings. The lowest BCUT2D eigenvalue weighted by molar-refractivity contribution is 0.0963. The van der Waals surface area contributed by atoms with E-state index in [1.54, 1.807) is 14.2 Å². The van der Waals surface area contributed by atoms with Crippen LogP contribution in [0.4, 0.5) is 0 Å². The van der Waals surface area contributed by atoms with Crippen LogP contribution in [0.3, 0.4) is 0 Å². The predicted molar refractivity (Wildman–Crippen MR) is 92.8 cm³/mol. The number of hydrogen-bond acceptors (Lipinski definition) is 3. The summed E-state index contributed by atoms with van der Waals surface area (Å²) in [7, 11) is 3.34. The van der Waals surface area contributed by atoms with Crippen molar-refractivity contribution in [1.29, 1.82) is 0 Å². The van der Waals surface area contributed by atoms with Crippen molar-refractivity contribution in [2.45, 2.75) is 25.9 Å². The molecule has 4 heteroatoms. The summed E-state index contributed by atoms with van der Waals surface area (Å²) in [6.07, 6.45) is 0.888. The fraction of sp³-hybridized carbons (Fsp3) is 0.316. The topological polar surface area (TPSA) is 50.4 Å². The quantitative estimate of drug-likeness (QED) is 0.826. The second kappa shape index (κ2) is 8.34. The van der Waals surface area contributed by atoms with Gasteiger partial charge >= 0.3 is 0 Å². The molecule has 4 nitrogen and oxygen atoms in total. The third kappa shape index (κ3) is 4.83. The molecule has 2 N–H and O–H groups in total. The maximum Gasteiger partial charge on any atom is 0.251 e. The number of carbonyl (C=O) groups is 1. The Morgan fingerprint density at radius 1 is 1.17 bits per heavy atom. The Morgan fingerprint density at radius 3 is 2.70 bits per heavy atom. The standard InChI is InChI=1S/C19H24N2O2/c1-14(11-16-8-4-5-10-18(16)23-3)21-13-15-7-6-9-17(12-15)19(22)20-2/h4-10,12,14,21H,11,13H2,1-3H3,(H,20,22)/t14-/m1/s1. The lowest BCUT2D eigenvalue weighted by Crippen LogP contribution is -2.28. The Labute approximate surface area is 137 Å². The molecule has 0 fully saturated rings. The number of hydrogen-bond donors (Lipinski definition) is 2. The molecular formula is C19H24N2O2. The number of methoxy groups -OCH3 is 1. The first-order chi connectivity index (χ1) is 11.1. The zero-order valence-corrected chi connectivity index (χ0v) is 13.9. The van der Waals surface area contributed by atoms with Gasteiger partial charge in [0.2, 0.25) is 0 Å². The number of benzene rings is 2. The summed E-state index contributed by atoms with van der Waals surface area (Å²) < 4.78 is 5.39. The van der Waals surface area contributed by atoms with Crippen LogP contribution in [0.5, 0.6) is 5.75 Å². The number of ether oxygens (including phenoxy) is 1. The maximum atomic E-state index is 11.7. The molecule has 122 valence electrons. The molecule has 23 heavy (non-hydrogen) atoms. The number of carbonyl (C=O) groups excluding carboxylic acids is 1. The van der Waals surface area contributed by atoms with E-state index >= 15 is 0 Å². The van der Waals surface area contributed by atoms with E-state index in [-0.39, 0.29) is 5.91 Å². The van der Waals surface area contributed by atoms with Crippen molar-refractivity contribution in [3.05, 3.63) is 65.2 Å². The highest BCUT2D eigenvalue weighted by Crippen LogP contribution is 2.19. The Morgan fingerprint density at radius 2 is 1.96 bits per heavy atom. The lowest BCUT2D eigenvalue weighted by atomic mass is 10.1. The summed E-state index contributed by atoms with van der Waals surface area (Å²) in [5.74, 6) is 0.858. The number of para-hydroxylation sites is 1. The normalized spacial score (nSPS) is 11.8. The number of rotatable bonds is 7. The first kappa shape index (κ1) is 17.0. The fourth-order valence-corrected chi connectivity index (χ4v) is 2.53. The number of nitrogens with one attached hydrogen (secondary N) is 2. The SMILES string of the molecule is CNC(=O)c1cccc(CN[C@H](C)Cc2ccccc2OC)c1. The van der Waals surface area contributed by atoms with Gasteiger partial charge < -0.3 is 15.4 Å². The van der Waals surface area contributed by atoms with Crippen LogP contribution in [-0.4, -0.2) is 26.1 Å². The van der Waals surface area contributed by atoms with E-state index in [4.69, 9.17) is 4.74 Å². The predicted octanol–water partition coefficient (Wildman–Crippen LogP) is 2.78. The van der Waals surface area contributed by atoms with E-state index in [1.165, 1.54) is 5.56 Å². The van der Waals surface area contributed by atoms with Crippen molar-refractivity contribution in [2.24, 2.45) is 0 Å². The van der Waals surface area contributed by atoms with Gasteiger partial charge in [0.1, 0.15) is 5.75 Å². The molecule has 2 rings (SSSR count). The van der Waals surface area contributed by atoms with Gasteiger partial charge in [-0.25, -0.2) is 0 Å². The summed E-state index contributed by atoms with van der Waals surface area (Å²) in [5.41, 5.74) is 2.97. The third-order valence-corrected chi connectivity index (χ3v) is 3.79. The largest absolute Gasteiger partial charge is 0.496 e. The van der Waals surface area contributed by atoms with Crippen LogP contribution in [-0.2, 0) is 13.0 Å². The van der Waals surface area contributed by atoms with Crippen LogP contribution in [0, 0.1) is 0 Å². The Balaban J connectivity index is 1.94. The molecule has 0 aliphatic carbocycles. The lowest BCUT2D eigenvalue weighted by Gasteiger charge is -2.16. The molecule has 0 heterocycles. The smallest absolute Gasteiger partial charge is 0.251 e. The van der Waals surface area contributed by atoms with Crippen LogP contribution < -0.4 is 15.4 Å². The molecule has 0 bridgehead atoms. The van der Waals surface area contributed by atoms with Gasteiger partial charge in [-0.3, -0.25) is 4.79 Å². The molecule has 1 atom stereocenters. The van der Waals surface area contributed by atoms with Gasteiger partial charge in [-0.2, -0.15) is 0 Å². The molecular weight excluding hydrogens is 288 g/mol. The van der Waals surface area contributed by atoms with Gasteiger partial charge in [0.25, 0.3) is 5.91 Å². The van der Waals surface area contributed by atoms with Crippen molar-refractivity contribution in [2.75, 3.05) is 14.2 Å². The van der Waals surface area contributed by atoms with Crippen LogP contribution in [0.1, 0.15) is 28.4 Å². The fourth-order valence-electron chi connectivity index (χ4n) is 2.53.